The average molecular weight is 575 g/mol. The Morgan fingerprint density at radius 3 is 2.49 bits per heavy atom. The molecule has 0 radical (unpaired) electrons. The molecule has 0 aliphatic rings. The van der Waals surface area contributed by atoms with E-state index in [1.54, 1.807) is 61.7 Å². The molecule has 1 amide bonds. The third-order valence-electron chi connectivity index (χ3n) is 6.64. The highest BCUT2D eigenvalue weighted by Gasteiger charge is 2.18. The van der Waals surface area contributed by atoms with Crippen molar-refractivity contribution in [1.82, 2.24) is 9.66 Å². The zero-order valence-corrected chi connectivity index (χ0v) is 23.3. The summed E-state index contributed by atoms with van der Waals surface area (Å²) in [5.41, 5.74) is 2.04. The van der Waals surface area contributed by atoms with Gasteiger partial charge in [0.2, 0.25) is 5.82 Å². The van der Waals surface area contributed by atoms with Gasteiger partial charge < -0.3 is 23.9 Å². The molecule has 1 N–H and O–H groups in total. The first-order valence-electron chi connectivity index (χ1n) is 13.3. The first kappa shape index (κ1) is 27.3. The first-order chi connectivity index (χ1) is 21.0. The highest BCUT2D eigenvalue weighted by atomic mass is 16.5. The fourth-order valence-corrected chi connectivity index (χ4v) is 4.58. The lowest BCUT2D eigenvalue weighted by atomic mass is 10.2. The van der Waals surface area contributed by atoms with E-state index in [1.807, 2.05) is 42.5 Å². The fraction of sp³-hybridized carbons (Fsp3) is 0.0909. The third-order valence-corrected chi connectivity index (χ3v) is 6.64. The van der Waals surface area contributed by atoms with Crippen LogP contribution < -0.4 is 25.1 Å². The predicted octanol–water partition coefficient (Wildman–Crippen LogP) is 5.73. The summed E-state index contributed by atoms with van der Waals surface area (Å²) in [6, 6.07) is 28.5. The van der Waals surface area contributed by atoms with Crippen LogP contribution >= 0.6 is 0 Å². The van der Waals surface area contributed by atoms with Crippen molar-refractivity contribution in [3.8, 4) is 28.8 Å². The normalized spacial score (nSPS) is 11.2. The van der Waals surface area contributed by atoms with Crippen LogP contribution in [0.5, 0.6) is 17.2 Å². The maximum absolute atomic E-state index is 13.6. The Hall–Kier alpha value is -5.90. The second-order valence-electron chi connectivity index (χ2n) is 9.41. The van der Waals surface area contributed by atoms with Crippen LogP contribution in [-0.2, 0) is 4.79 Å². The van der Waals surface area contributed by atoms with Crippen molar-refractivity contribution in [2.45, 2.75) is 0 Å². The molecular formula is C33H26N4O6. The highest BCUT2D eigenvalue weighted by molar-refractivity contribution is 5.92. The summed E-state index contributed by atoms with van der Waals surface area (Å²) in [7, 11) is 3.08. The Balaban J connectivity index is 1.31. The van der Waals surface area contributed by atoms with Crippen molar-refractivity contribution in [2.75, 3.05) is 26.1 Å². The molecule has 6 aromatic rings. The zero-order chi connectivity index (χ0) is 29.8. The third kappa shape index (κ3) is 5.66. The number of rotatable bonds is 9. The van der Waals surface area contributed by atoms with E-state index in [-0.39, 0.29) is 23.9 Å². The van der Waals surface area contributed by atoms with Crippen molar-refractivity contribution >= 4 is 39.7 Å². The number of ether oxygens (including phenoxy) is 3. The summed E-state index contributed by atoms with van der Waals surface area (Å²) in [5.74, 6) is 1.69. The maximum Gasteiger partial charge on any atom is 0.282 e. The number of nitrogens with one attached hydrogen (secondary N) is 1. The Morgan fingerprint density at radius 1 is 0.884 bits per heavy atom. The molecular weight excluding hydrogens is 548 g/mol. The van der Waals surface area contributed by atoms with Crippen molar-refractivity contribution < 1.29 is 23.4 Å². The van der Waals surface area contributed by atoms with Crippen LogP contribution in [0.15, 0.2) is 111 Å². The van der Waals surface area contributed by atoms with E-state index in [9.17, 15) is 9.59 Å². The summed E-state index contributed by atoms with van der Waals surface area (Å²) < 4.78 is 24.0. The van der Waals surface area contributed by atoms with Gasteiger partial charge in [0.15, 0.2) is 23.9 Å². The van der Waals surface area contributed by atoms with E-state index in [0.717, 1.165) is 5.39 Å². The molecule has 0 saturated heterocycles. The Kier molecular flexibility index (Phi) is 7.56. The van der Waals surface area contributed by atoms with Crippen LogP contribution in [0.2, 0.25) is 0 Å². The van der Waals surface area contributed by atoms with Gasteiger partial charge in [-0.2, -0.15) is 9.78 Å². The largest absolute Gasteiger partial charge is 0.496 e. The fourth-order valence-electron chi connectivity index (χ4n) is 4.58. The molecule has 0 atom stereocenters. The molecule has 10 heteroatoms. The lowest BCUT2D eigenvalue weighted by Gasteiger charge is -2.11. The van der Waals surface area contributed by atoms with E-state index in [1.165, 1.54) is 18.0 Å². The minimum Gasteiger partial charge on any atom is -0.496 e. The number of hydrogen-bond donors (Lipinski definition) is 1. The number of amides is 1. The van der Waals surface area contributed by atoms with Gasteiger partial charge in [-0.15, -0.1) is 0 Å². The molecule has 6 rings (SSSR count). The molecule has 214 valence electrons. The predicted molar refractivity (Wildman–Crippen MR) is 164 cm³/mol. The second-order valence-corrected chi connectivity index (χ2v) is 9.41. The minimum atomic E-state index is -0.361. The number of anilines is 1. The highest BCUT2D eigenvalue weighted by Crippen LogP contribution is 2.33. The summed E-state index contributed by atoms with van der Waals surface area (Å²) in [6.07, 6.45) is 1.51. The monoisotopic (exact) mass is 574 g/mol. The standard InChI is InChI=1S/C33H26N4O6/c1-40-26-13-8-14-27-24(26)18-30(43-27)32-36-25-12-7-6-11-23(25)33(39)37(32)34-19-21-15-16-28(29(17-21)41-2)42-20-31(38)35-22-9-4-3-5-10-22/h3-19H,20H2,1-2H3,(H,35,38). The summed E-state index contributed by atoms with van der Waals surface area (Å²) in [4.78, 5) is 30.6. The lowest BCUT2D eigenvalue weighted by molar-refractivity contribution is -0.118. The Labute approximate surface area is 245 Å². The maximum atomic E-state index is 13.6. The van der Waals surface area contributed by atoms with Crippen LogP contribution in [-0.4, -0.2) is 42.6 Å². The Morgan fingerprint density at radius 2 is 1.67 bits per heavy atom. The van der Waals surface area contributed by atoms with E-state index in [0.29, 0.717) is 50.7 Å². The smallest absolute Gasteiger partial charge is 0.282 e. The molecule has 0 saturated carbocycles. The van der Waals surface area contributed by atoms with Gasteiger partial charge in [-0.25, -0.2) is 4.98 Å². The molecule has 0 spiro atoms. The minimum absolute atomic E-state index is 0.206. The average Bonchev–Trinajstić information content (AvgIpc) is 3.48. The molecule has 43 heavy (non-hydrogen) atoms. The lowest BCUT2D eigenvalue weighted by Crippen LogP contribution is -2.20. The molecule has 10 nitrogen and oxygen atoms in total. The second kappa shape index (κ2) is 11.9. The van der Waals surface area contributed by atoms with E-state index in [4.69, 9.17) is 23.6 Å². The SMILES string of the molecule is COc1cc(C=Nn2c(-c3cc4c(OC)cccc4o3)nc3ccccc3c2=O)ccc1OCC(=O)Nc1ccccc1. The van der Waals surface area contributed by atoms with Crippen LogP contribution in [0.25, 0.3) is 33.5 Å². The molecule has 2 heterocycles. The number of aromatic nitrogens is 2. The molecule has 0 bridgehead atoms. The van der Waals surface area contributed by atoms with Crippen LogP contribution in [0, 0.1) is 0 Å². The molecule has 4 aromatic carbocycles. The number of carbonyl (C=O) groups is 1. The van der Waals surface area contributed by atoms with Crippen molar-refractivity contribution in [2.24, 2.45) is 5.10 Å². The van der Waals surface area contributed by atoms with Gasteiger partial charge in [0.25, 0.3) is 11.5 Å². The van der Waals surface area contributed by atoms with Gasteiger partial charge in [-0.1, -0.05) is 36.4 Å². The summed E-state index contributed by atoms with van der Waals surface area (Å²) in [6.45, 7) is -0.206. The Bertz CT molecular complexity index is 2030. The van der Waals surface area contributed by atoms with Gasteiger partial charge in [-0.3, -0.25) is 9.59 Å². The molecule has 0 unspecified atom stereocenters. The number of fused-ring (bicyclic) bond motifs is 2. The van der Waals surface area contributed by atoms with Crippen molar-refractivity contribution in [3.63, 3.8) is 0 Å². The molecule has 0 fully saturated rings. The van der Waals surface area contributed by atoms with Crippen molar-refractivity contribution in [3.05, 3.63) is 113 Å². The van der Waals surface area contributed by atoms with Crippen LogP contribution in [0.4, 0.5) is 5.69 Å². The van der Waals surface area contributed by atoms with E-state index < -0.39 is 0 Å². The van der Waals surface area contributed by atoms with Crippen LogP contribution in [0.3, 0.4) is 0 Å². The quantitative estimate of drug-likeness (QED) is 0.219. The zero-order valence-electron chi connectivity index (χ0n) is 23.3. The topological polar surface area (TPSA) is 117 Å². The summed E-state index contributed by atoms with van der Waals surface area (Å²) in [5, 5.41) is 8.43. The van der Waals surface area contributed by atoms with Crippen LogP contribution in [0.1, 0.15) is 5.56 Å². The number of para-hydroxylation sites is 2. The van der Waals surface area contributed by atoms with Gasteiger partial charge in [-0.05, 0) is 66.2 Å². The van der Waals surface area contributed by atoms with Gasteiger partial charge in [0.1, 0.15) is 11.3 Å². The molecule has 0 aliphatic carbocycles. The number of hydrogen-bond acceptors (Lipinski definition) is 8. The van der Waals surface area contributed by atoms with Gasteiger partial charge in [0, 0.05) is 5.69 Å². The number of furan rings is 1. The van der Waals surface area contributed by atoms with E-state index in [2.05, 4.69) is 10.4 Å². The van der Waals surface area contributed by atoms with Gasteiger partial charge >= 0.3 is 0 Å². The number of carbonyl (C=O) groups excluding carboxylic acids is 1. The first-order valence-corrected chi connectivity index (χ1v) is 13.3. The van der Waals surface area contributed by atoms with Gasteiger partial charge in [0.05, 0.1) is 36.7 Å². The molecule has 2 aromatic heterocycles. The molecule has 0 aliphatic heterocycles. The summed E-state index contributed by atoms with van der Waals surface area (Å²) >= 11 is 0. The number of methoxy groups -OCH3 is 2. The van der Waals surface area contributed by atoms with E-state index >= 15 is 0 Å². The number of benzene rings is 4. The number of nitrogens with zero attached hydrogens (tertiary/aromatic N) is 3. The van der Waals surface area contributed by atoms with Crippen molar-refractivity contribution in [1.29, 1.82) is 0 Å².